The molecular formula is C13H22N2O2. The largest absolute Gasteiger partial charge is 0.379 e. The maximum absolute atomic E-state index is 12.2. The normalized spacial score (nSPS) is 44.2. The van der Waals surface area contributed by atoms with Crippen LogP contribution in [0.25, 0.3) is 0 Å². The molecule has 0 aromatic heterocycles. The van der Waals surface area contributed by atoms with Crippen molar-refractivity contribution in [2.75, 3.05) is 7.11 Å². The summed E-state index contributed by atoms with van der Waals surface area (Å²) >= 11 is 0. The minimum absolute atomic E-state index is 0.201. The Morgan fingerprint density at radius 2 is 2.18 bits per heavy atom. The van der Waals surface area contributed by atoms with Gasteiger partial charge in [0, 0.05) is 19.2 Å². The van der Waals surface area contributed by atoms with Crippen LogP contribution in [0.3, 0.4) is 0 Å². The molecule has 2 heterocycles. The van der Waals surface area contributed by atoms with Gasteiger partial charge < -0.3 is 15.4 Å². The van der Waals surface area contributed by atoms with Crippen LogP contribution in [0.1, 0.15) is 38.5 Å². The molecule has 2 saturated heterocycles. The summed E-state index contributed by atoms with van der Waals surface area (Å²) in [6.45, 7) is 0. The van der Waals surface area contributed by atoms with Gasteiger partial charge in [-0.2, -0.15) is 0 Å². The highest BCUT2D eigenvalue weighted by Gasteiger charge is 2.43. The van der Waals surface area contributed by atoms with Gasteiger partial charge >= 0.3 is 0 Å². The number of carbonyl (C=O) groups is 1. The second kappa shape index (κ2) is 4.58. The van der Waals surface area contributed by atoms with Crippen LogP contribution in [0.2, 0.25) is 0 Å². The van der Waals surface area contributed by atoms with E-state index >= 15 is 0 Å². The van der Waals surface area contributed by atoms with Crippen LogP contribution in [0.5, 0.6) is 0 Å². The molecule has 17 heavy (non-hydrogen) atoms. The Bertz CT molecular complexity index is 308. The van der Waals surface area contributed by atoms with E-state index < -0.39 is 0 Å². The number of hydrogen-bond donors (Lipinski definition) is 2. The Morgan fingerprint density at radius 3 is 2.82 bits per heavy atom. The molecule has 2 bridgehead atoms. The predicted molar refractivity (Wildman–Crippen MR) is 64.6 cm³/mol. The van der Waals surface area contributed by atoms with Crippen molar-refractivity contribution in [1.29, 1.82) is 0 Å². The van der Waals surface area contributed by atoms with Crippen molar-refractivity contribution >= 4 is 5.91 Å². The lowest BCUT2D eigenvalue weighted by Crippen LogP contribution is -2.46. The van der Waals surface area contributed by atoms with E-state index in [2.05, 4.69) is 10.6 Å². The molecule has 3 fully saturated rings. The van der Waals surface area contributed by atoms with Crippen molar-refractivity contribution in [3.8, 4) is 0 Å². The van der Waals surface area contributed by atoms with Crippen LogP contribution in [-0.4, -0.2) is 37.2 Å². The van der Waals surface area contributed by atoms with Crippen molar-refractivity contribution in [2.45, 2.75) is 62.8 Å². The number of fused-ring (bicyclic) bond motifs is 2. The van der Waals surface area contributed by atoms with E-state index in [-0.39, 0.29) is 24.0 Å². The summed E-state index contributed by atoms with van der Waals surface area (Å²) < 4.78 is 5.42. The second-order valence-corrected chi connectivity index (χ2v) is 5.71. The summed E-state index contributed by atoms with van der Waals surface area (Å²) in [4.78, 5) is 12.2. The van der Waals surface area contributed by atoms with E-state index in [4.69, 9.17) is 4.74 Å². The van der Waals surface area contributed by atoms with Crippen LogP contribution in [0.4, 0.5) is 0 Å². The summed E-state index contributed by atoms with van der Waals surface area (Å²) in [5.41, 5.74) is 0. The Balaban J connectivity index is 1.56. The predicted octanol–water partition coefficient (Wildman–Crippen LogP) is 0.811. The molecule has 1 saturated carbocycles. The molecule has 2 aliphatic heterocycles. The highest BCUT2D eigenvalue weighted by Crippen LogP contribution is 2.33. The maximum Gasteiger partial charge on any atom is 0.225 e. The molecule has 1 amide bonds. The first kappa shape index (κ1) is 11.5. The van der Waals surface area contributed by atoms with E-state index in [0.29, 0.717) is 12.1 Å². The molecule has 3 aliphatic rings. The Kier molecular flexibility index (Phi) is 3.09. The van der Waals surface area contributed by atoms with E-state index in [0.717, 1.165) is 19.3 Å². The lowest BCUT2D eigenvalue weighted by molar-refractivity contribution is -0.127. The highest BCUT2D eigenvalue weighted by atomic mass is 16.5. The van der Waals surface area contributed by atoms with Crippen LogP contribution in [0.15, 0.2) is 0 Å². The van der Waals surface area contributed by atoms with Crippen molar-refractivity contribution in [3.63, 3.8) is 0 Å². The highest BCUT2D eigenvalue weighted by molar-refractivity contribution is 5.80. The number of ether oxygens (including phenoxy) is 1. The summed E-state index contributed by atoms with van der Waals surface area (Å²) in [5, 5.41) is 6.72. The van der Waals surface area contributed by atoms with Crippen LogP contribution < -0.4 is 10.6 Å². The average molecular weight is 238 g/mol. The van der Waals surface area contributed by atoms with Crippen molar-refractivity contribution in [2.24, 2.45) is 5.92 Å². The molecule has 0 aromatic rings. The summed E-state index contributed by atoms with van der Waals surface area (Å²) in [7, 11) is 1.74. The molecule has 4 nitrogen and oxygen atoms in total. The van der Waals surface area contributed by atoms with Gasteiger partial charge in [0.1, 0.15) is 0 Å². The quantitative estimate of drug-likeness (QED) is 0.765. The number of methoxy groups -OCH3 is 1. The van der Waals surface area contributed by atoms with Gasteiger partial charge in [-0.05, 0) is 38.5 Å². The third kappa shape index (κ3) is 2.08. The van der Waals surface area contributed by atoms with E-state index in [1.165, 1.54) is 19.3 Å². The van der Waals surface area contributed by atoms with Crippen molar-refractivity contribution in [1.82, 2.24) is 10.6 Å². The Hall–Kier alpha value is -0.610. The zero-order valence-corrected chi connectivity index (χ0v) is 10.4. The number of amides is 1. The second-order valence-electron chi connectivity index (χ2n) is 5.71. The maximum atomic E-state index is 12.2. The lowest BCUT2D eigenvalue weighted by Gasteiger charge is -2.24. The van der Waals surface area contributed by atoms with Gasteiger partial charge in [0.05, 0.1) is 18.1 Å². The first-order valence-electron chi connectivity index (χ1n) is 6.87. The summed E-state index contributed by atoms with van der Waals surface area (Å²) in [5.74, 6) is 0.450. The fourth-order valence-corrected chi connectivity index (χ4v) is 3.78. The van der Waals surface area contributed by atoms with Gasteiger partial charge in [-0.3, -0.25) is 4.79 Å². The van der Waals surface area contributed by atoms with Gasteiger partial charge in [-0.25, -0.2) is 0 Å². The van der Waals surface area contributed by atoms with E-state index in [1.807, 2.05) is 0 Å². The molecule has 96 valence electrons. The van der Waals surface area contributed by atoms with Crippen molar-refractivity contribution < 1.29 is 9.53 Å². The number of carbonyl (C=O) groups excluding carboxylic acids is 1. The zero-order chi connectivity index (χ0) is 11.8. The minimum atomic E-state index is 0.201. The van der Waals surface area contributed by atoms with Crippen LogP contribution in [-0.2, 0) is 9.53 Å². The number of hydrogen-bond acceptors (Lipinski definition) is 3. The third-order valence-electron chi connectivity index (χ3n) is 4.72. The number of rotatable bonds is 3. The Morgan fingerprint density at radius 1 is 1.29 bits per heavy atom. The SMILES string of the molecule is COC1CCCC1NC(=O)C1CC2CCC1N2. The average Bonchev–Trinajstić information content (AvgIpc) is 3.03. The Labute approximate surface area is 102 Å². The molecule has 0 aromatic carbocycles. The molecule has 2 N–H and O–H groups in total. The van der Waals surface area contributed by atoms with Gasteiger partial charge in [0.2, 0.25) is 5.91 Å². The molecule has 1 aliphatic carbocycles. The van der Waals surface area contributed by atoms with Crippen molar-refractivity contribution in [3.05, 3.63) is 0 Å². The molecule has 4 heteroatoms. The van der Waals surface area contributed by atoms with E-state index in [1.54, 1.807) is 7.11 Å². The standard InChI is InChI=1S/C13H22N2O2/c1-17-12-4-2-3-11(12)15-13(16)9-7-8-5-6-10(9)14-8/h8-12,14H,2-7H2,1H3,(H,15,16). The van der Waals surface area contributed by atoms with Gasteiger partial charge in [-0.15, -0.1) is 0 Å². The molecule has 5 atom stereocenters. The van der Waals surface area contributed by atoms with Crippen LogP contribution >= 0.6 is 0 Å². The fraction of sp³-hybridized carbons (Fsp3) is 0.923. The first-order valence-corrected chi connectivity index (χ1v) is 6.87. The van der Waals surface area contributed by atoms with Crippen LogP contribution in [0, 0.1) is 5.92 Å². The molecule has 0 radical (unpaired) electrons. The van der Waals surface area contributed by atoms with Gasteiger partial charge in [-0.1, -0.05) is 0 Å². The van der Waals surface area contributed by atoms with Gasteiger partial charge in [0.25, 0.3) is 0 Å². The van der Waals surface area contributed by atoms with Gasteiger partial charge in [0.15, 0.2) is 0 Å². The summed E-state index contributed by atoms with van der Waals surface area (Å²) in [6, 6.07) is 1.27. The molecule has 0 spiro atoms. The summed E-state index contributed by atoms with van der Waals surface area (Å²) in [6.07, 6.45) is 6.99. The zero-order valence-electron chi connectivity index (χ0n) is 10.4. The smallest absolute Gasteiger partial charge is 0.225 e. The third-order valence-corrected chi connectivity index (χ3v) is 4.72. The monoisotopic (exact) mass is 238 g/mol. The molecule has 3 rings (SSSR count). The van der Waals surface area contributed by atoms with E-state index in [9.17, 15) is 4.79 Å². The minimum Gasteiger partial charge on any atom is -0.379 e. The lowest BCUT2D eigenvalue weighted by atomic mass is 9.88. The topological polar surface area (TPSA) is 50.4 Å². The number of nitrogens with one attached hydrogen (secondary N) is 2. The molecular weight excluding hydrogens is 216 g/mol. The first-order chi connectivity index (χ1) is 8.28. The molecule has 5 unspecified atom stereocenters. The fourth-order valence-electron chi connectivity index (χ4n) is 3.78.